The number of hydrogen-bond acceptors (Lipinski definition) is 2. The Bertz CT molecular complexity index is 718. The third kappa shape index (κ3) is 5.43. The van der Waals surface area contributed by atoms with Gasteiger partial charge in [-0.1, -0.05) is 40.9 Å². The molecule has 120 valence electrons. The smallest absolute Gasteiger partial charge is 0.313 e. The normalized spacial score (nSPS) is 10.2. The lowest BCUT2D eigenvalue weighted by Gasteiger charge is -2.08. The van der Waals surface area contributed by atoms with Crippen LogP contribution in [0.5, 0.6) is 0 Å². The van der Waals surface area contributed by atoms with Crippen molar-refractivity contribution in [1.29, 1.82) is 0 Å². The second-order valence-electron chi connectivity index (χ2n) is 4.70. The summed E-state index contributed by atoms with van der Waals surface area (Å²) in [6.45, 7) is 0.286. The number of carbonyl (C=O) groups is 2. The van der Waals surface area contributed by atoms with E-state index in [-0.39, 0.29) is 6.54 Å². The zero-order valence-electron chi connectivity index (χ0n) is 11.9. The van der Waals surface area contributed by atoms with Crippen LogP contribution in [-0.4, -0.2) is 18.4 Å². The van der Waals surface area contributed by atoms with Crippen LogP contribution in [0, 0.1) is 0 Å². The molecule has 2 aromatic carbocycles. The lowest BCUT2D eigenvalue weighted by atomic mass is 10.1. The first kappa shape index (κ1) is 17.6. The highest BCUT2D eigenvalue weighted by atomic mass is 35.5. The average molecular weight is 372 g/mol. The van der Waals surface area contributed by atoms with E-state index in [1.165, 1.54) is 0 Å². The molecule has 2 N–H and O–H groups in total. The summed E-state index contributed by atoms with van der Waals surface area (Å²) in [5.41, 5.74) is 1.34. The predicted octanol–water partition coefficient (Wildman–Crippen LogP) is 3.94. The van der Waals surface area contributed by atoms with Gasteiger partial charge in [-0.3, -0.25) is 9.59 Å². The molecule has 0 aliphatic heterocycles. The fourth-order valence-electron chi connectivity index (χ4n) is 1.84. The molecule has 23 heavy (non-hydrogen) atoms. The van der Waals surface area contributed by atoms with E-state index in [1.54, 1.807) is 42.5 Å². The summed E-state index contributed by atoms with van der Waals surface area (Å²) < 4.78 is 0. The second kappa shape index (κ2) is 8.20. The molecule has 0 spiro atoms. The maximum atomic E-state index is 11.8. The van der Waals surface area contributed by atoms with Crippen LogP contribution in [0.2, 0.25) is 15.1 Å². The van der Waals surface area contributed by atoms with E-state index in [2.05, 4.69) is 10.6 Å². The Kier molecular flexibility index (Phi) is 6.28. The number of benzene rings is 2. The van der Waals surface area contributed by atoms with E-state index in [0.29, 0.717) is 27.2 Å². The quantitative estimate of drug-likeness (QED) is 0.800. The van der Waals surface area contributed by atoms with Crippen LogP contribution in [0.25, 0.3) is 0 Å². The molecular weight excluding hydrogens is 359 g/mol. The van der Waals surface area contributed by atoms with Crippen molar-refractivity contribution < 1.29 is 9.59 Å². The minimum absolute atomic E-state index is 0.286. The van der Waals surface area contributed by atoms with Gasteiger partial charge < -0.3 is 10.6 Å². The van der Waals surface area contributed by atoms with E-state index in [4.69, 9.17) is 34.8 Å². The van der Waals surface area contributed by atoms with Crippen molar-refractivity contribution in [2.75, 3.05) is 11.9 Å². The van der Waals surface area contributed by atoms with E-state index >= 15 is 0 Å². The number of halogens is 3. The predicted molar refractivity (Wildman–Crippen MR) is 93.3 cm³/mol. The highest BCUT2D eigenvalue weighted by molar-refractivity contribution is 6.39. The van der Waals surface area contributed by atoms with Gasteiger partial charge in [0.25, 0.3) is 0 Å². The summed E-state index contributed by atoms with van der Waals surface area (Å²) in [7, 11) is 0. The Labute approximate surface area is 148 Å². The number of carbonyl (C=O) groups excluding carboxylic acids is 2. The molecule has 4 nitrogen and oxygen atoms in total. The van der Waals surface area contributed by atoms with E-state index in [1.807, 2.05) is 0 Å². The summed E-state index contributed by atoms with van der Waals surface area (Å²) in [5.74, 6) is -1.46. The molecule has 0 saturated heterocycles. The van der Waals surface area contributed by atoms with Crippen LogP contribution in [-0.2, 0) is 16.0 Å². The van der Waals surface area contributed by atoms with E-state index in [9.17, 15) is 9.59 Å². The maximum absolute atomic E-state index is 11.8. The minimum Gasteiger partial charge on any atom is -0.347 e. The fraction of sp³-hybridized carbons (Fsp3) is 0.125. The number of anilines is 1. The SMILES string of the molecule is O=C(NCCc1ccc(Cl)cc1Cl)C(=O)Nc1ccc(Cl)cc1. The van der Waals surface area contributed by atoms with Gasteiger partial charge in [0.15, 0.2) is 0 Å². The van der Waals surface area contributed by atoms with Gasteiger partial charge in [-0.25, -0.2) is 0 Å². The third-order valence-corrected chi connectivity index (χ3v) is 3.84. The topological polar surface area (TPSA) is 58.2 Å². The number of nitrogens with one attached hydrogen (secondary N) is 2. The lowest BCUT2D eigenvalue weighted by Crippen LogP contribution is -2.36. The molecule has 0 bridgehead atoms. The van der Waals surface area contributed by atoms with Crippen LogP contribution < -0.4 is 10.6 Å². The summed E-state index contributed by atoms with van der Waals surface area (Å²) in [5, 5.41) is 6.64. The molecule has 0 heterocycles. The molecule has 0 aromatic heterocycles. The first-order valence-electron chi connectivity index (χ1n) is 6.74. The van der Waals surface area contributed by atoms with E-state index < -0.39 is 11.8 Å². The molecule has 0 radical (unpaired) electrons. The Morgan fingerprint density at radius 1 is 0.870 bits per heavy atom. The first-order valence-corrected chi connectivity index (χ1v) is 7.88. The van der Waals surface area contributed by atoms with Crippen molar-refractivity contribution in [3.63, 3.8) is 0 Å². The third-order valence-electron chi connectivity index (χ3n) is 3.00. The Morgan fingerprint density at radius 3 is 2.17 bits per heavy atom. The van der Waals surface area contributed by atoms with E-state index in [0.717, 1.165) is 5.56 Å². The summed E-state index contributed by atoms with van der Waals surface area (Å²) in [6.07, 6.45) is 0.496. The van der Waals surface area contributed by atoms with Gasteiger partial charge >= 0.3 is 11.8 Å². The fourth-order valence-corrected chi connectivity index (χ4v) is 2.47. The zero-order chi connectivity index (χ0) is 16.8. The van der Waals surface area contributed by atoms with Crippen LogP contribution >= 0.6 is 34.8 Å². The standard InChI is InChI=1S/C16H13Cl3N2O2/c17-11-3-5-13(6-4-11)21-16(23)15(22)20-8-7-10-1-2-12(18)9-14(10)19/h1-6,9H,7-8H2,(H,20,22)(H,21,23). The molecule has 0 unspecified atom stereocenters. The number of amides is 2. The van der Waals surface area contributed by atoms with Gasteiger partial charge in [0.05, 0.1) is 0 Å². The largest absolute Gasteiger partial charge is 0.347 e. The van der Waals surface area contributed by atoms with Crippen molar-refractivity contribution in [3.05, 3.63) is 63.1 Å². The highest BCUT2D eigenvalue weighted by Gasteiger charge is 2.13. The Balaban J connectivity index is 1.82. The highest BCUT2D eigenvalue weighted by Crippen LogP contribution is 2.21. The molecular formula is C16H13Cl3N2O2. The van der Waals surface area contributed by atoms with Crippen LogP contribution in [0.15, 0.2) is 42.5 Å². The van der Waals surface area contributed by atoms with Gasteiger partial charge in [0.1, 0.15) is 0 Å². The van der Waals surface area contributed by atoms with Crippen LogP contribution in [0.1, 0.15) is 5.56 Å². The first-order chi connectivity index (χ1) is 11.0. The van der Waals surface area contributed by atoms with Crippen LogP contribution in [0.3, 0.4) is 0 Å². The van der Waals surface area contributed by atoms with Crippen molar-refractivity contribution in [2.45, 2.75) is 6.42 Å². The second-order valence-corrected chi connectivity index (χ2v) is 5.98. The molecule has 0 saturated carbocycles. The van der Waals surface area contributed by atoms with Gasteiger partial charge in [0, 0.05) is 27.3 Å². The molecule has 2 aromatic rings. The summed E-state index contributed by atoms with van der Waals surface area (Å²) in [6, 6.07) is 11.6. The monoisotopic (exact) mass is 370 g/mol. The van der Waals surface area contributed by atoms with Crippen LogP contribution in [0.4, 0.5) is 5.69 Å². The molecule has 0 fully saturated rings. The van der Waals surface area contributed by atoms with Crippen molar-refractivity contribution in [2.24, 2.45) is 0 Å². The molecule has 0 aliphatic carbocycles. The summed E-state index contributed by atoms with van der Waals surface area (Å²) >= 11 is 17.6. The van der Waals surface area contributed by atoms with Gasteiger partial charge in [-0.2, -0.15) is 0 Å². The lowest BCUT2D eigenvalue weighted by molar-refractivity contribution is -0.136. The summed E-state index contributed by atoms with van der Waals surface area (Å²) in [4.78, 5) is 23.5. The number of hydrogen-bond donors (Lipinski definition) is 2. The Morgan fingerprint density at radius 2 is 1.52 bits per heavy atom. The van der Waals surface area contributed by atoms with Crippen molar-refractivity contribution in [1.82, 2.24) is 5.32 Å². The zero-order valence-corrected chi connectivity index (χ0v) is 14.2. The molecule has 7 heteroatoms. The molecule has 2 amide bonds. The molecule has 0 atom stereocenters. The van der Waals surface area contributed by atoms with Crippen molar-refractivity contribution >= 4 is 52.3 Å². The maximum Gasteiger partial charge on any atom is 0.313 e. The average Bonchev–Trinajstić information content (AvgIpc) is 2.51. The van der Waals surface area contributed by atoms with Crippen molar-refractivity contribution in [3.8, 4) is 0 Å². The molecule has 2 rings (SSSR count). The van der Waals surface area contributed by atoms with Gasteiger partial charge in [-0.05, 0) is 48.4 Å². The van der Waals surface area contributed by atoms with Gasteiger partial charge in [0.2, 0.25) is 0 Å². The molecule has 0 aliphatic rings. The van der Waals surface area contributed by atoms with Gasteiger partial charge in [-0.15, -0.1) is 0 Å². The Hall–Kier alpha value is -1.75. The number of rotatable bonds is 4. The minimum atomic E-state index is -0.741.